The molecule has 218 valence electrons. The predicted molar refractivity (Wildman–Crippen MR) is 195 cm³/mol. The summed E-state index contributed by atoms with van der Waals surface area (Å²) in [5, 5.41) is 2.35. The minimum atomic E-state index is 0.605. The summed E-state index contributed by atoms with van der Waals surface area (Å²) in [5.41, 5.74) is 12.8. The predicted octanol–water partition coefficient (Wildman–Crippen LogP) is 10.9. The van der Waals surface area contributed by atoms with Gasteiger partial charge in [-0.1, -0.05) is 134 Å². The van der Waals surface area contributed by atoms with Crippen LogP contribution in [0, 0.1) is 0 Å². The van der Waals surface area contributed by atoms with Crippen LogP contribution < -0.4 is 0 Å². The third-order valence-corrected chi connectivity index (χ3v) is 8.71. The molecule has 0 N–H and O–H groups in total. The molecule has 0 atom stereocenters. The average Bonchev–Trinajstić information content (AvgIpc) is 3.39. The molecule has 2 heterocycles. The average molecular weight is 590 g/mol. The highest BCUT2D eigenvalue weighted by molar-refractivity contribution is 6.21. The first-order chi connectivity index (χ1) is 22.7. The summed E-state index contributed by atoms with van der Waals surface area (Å²) in [7, 11) is 0. The van der Waals surface area contributed by atoms with Gasteiger partial charge < -0.3 is 4.57 Å². The number of allylic oxidation sites excluding steroid dienone is 1. The second kappa shape index (κ2) is 11.5. The molecule has 7 aromatic rings. The number of rotatable bonds is 6. The van der Waals surface area contributed by atoms with Gasteiger partial charge in [0.15, 0.2) is 5.84 Å². The third-order valence-electron chi connectivity index (χ3n) is 8.71. The summed E-state index contributed by atoms with van der Waals surface area (Å²) >= 11 is 0. The second-order valence-corrected chi connectivity index (χ2v) is 11.5. The molecular weight excluding hydrogens is 558 g/mol. The molecule has 1 aliphatic rings. The lowest BCUT2D eigenvalue weighted by atomic mass is 9.92. The summed E-state index contributed by atoms with van der Waals surface area (Å²) in [6, 6.07) is 51.0. The van der Waals surface area contributed by atoms with E-state index in [1.807, 2.05) is 54.6 Å². The van der Waals surface area contributed by atoms with Crippen LogP contribution in [-0.2, 0) is 0 Å². The molecule has 0 bridgehead atoms. The minimum Gasteiger partial charge on any atom is -0.308 e. The first-order valence-corrected chi connectivity index (χ1v) is 15.5. The smallest absolute Gasteiger partial charge is 0.160 e. The number of aromatic nitrogens is 1. The van der Waals surface area contributed by atoms with E-state index in [1.165, 1.54) is 38.8 Å². The van der Waals surface area contributed by atoms with E-state index in [9.17, 15) is 0 Å². The fourth-order valence-corrected chi connectivity index (χ4v) is 6.63. The van der Waals surface area contributed by atoms with Crippen LogP contribution in [0.25, 0.3) is 55.4 Å². The Labute approximate surface area is 268 Å². The van der Waals surface area contributed by atoms with Crippen molar-refractivity contribution in [1.29, 1.82) is 0 Å². The second-order valence-electron chi connectivity index (χ2n) is 11.5. The zero-order chi connectivity index (χ0) is 31.0. The van der Waals surface area contributed by atoms with Crippen molar-refractivity contribution >= 4 is 39.1 Å². The Kier molecular flexibility index (Phi) is 6.85. The summed E-state index contributed by atoms with van der Waals surface area (Å²) < 4.78 is 2.43. The summed E-state index contributed by atoms with van der Waals surface area (Å²) in [5.74, 6) is 0.615. The molecule has 3 nitrogen and oxygen atoms in total. The molecule has 0 saturated carbocycles. The number of fused-ring (bicyclic) bond motifs is 8. The van der Waals surface area contributed by atoms with E-state index in [2.05, 4.69) is 115 Å². The van der Waals surface area contributed by atoms with Crippen molar-refractivity contribution in [3.63, 3.8) is 0 Å². The molecule has 0 amide bonds. The lowest BCUT2D eigenvalue weighted by molar-refractivity contribution is 1.19. The van der Waals surface area contributed by atoms with Crippen molar-refractivity contribution in [2.45, 2.75) is 6.42 Å². The SMILES string of the molecule is C=CC/C(=N\C(=N/C(=C)c1ccccc1)c1cc2c3c(c1)c1ccccc1n3-c1ccccc1-c1ccccc1-2)c1ccccc1. The Balaban J connectivity index is 1.47. The molecular formula is C43H31N3. The zero-order valence-corrected chi connectivity index (χ0v) is 25.4. The highest BCUT2D eigenvalue weighted by Gasteiger charge is 2.25. The van der Waals surface area contributed by atoms with E-state index in [4.69, 9.17) is 9.98 Å². The van der Waals surface area contributed by atoms with Crippen molar-refractivity contribution < 1.29 is 0 Å². The van der Waals surface area contributed by atoms with Crippen LogP contribution in [0.5, 0.6) is 0 Å². The van der Waals surface area contributed by atoms with Crippen molar-refractivity contribution in [2.24, 2.45) is 9.98 Å². The van der Waals surface area contributed by atoms with Crippen LogP contribution in [0.2, 0.25) is 0 Å². The molecule has 0 aliphatic carbocycles. The molecule has 1 aliphatic heterocycles. The van der Waals surface area contributed by atoms with Gasteiger partial charge in [0.25, 0.3) is 0 Å². The van der Waals surface area contributed by atoms with E-state index in [0.717, 1.165) is 33.4 Å². The number of para-hydroxylation sites is 2. The Morgan fingerprint density at radius 2 is 1.17 bits per heavy atom. The standard InChI is InChI=1S/C43H31N3/c1-3-16-39(31-19-8-5-9-20-31)45-43(44-29(2)30-17-6-4-7-18-30)32-27-37-34-22-11-10-21-33(34)35-23-12-14-25-40(35)46-41-26-15-13-24-36(41)38(28-32)42(37)46/h3-15,17-28H,1-2,16H2/b44-43-,45-39+. The van der Waals surface area contributed by atoms with Crippen molar-refractivity contribution in [3.05, 3.63) is 182 Å². The largest absolute Gasteiger partial charge is 0.308 e. The Hall–Kier alpha value is -6.06. The van der Waals surface area contributed by atoms with Crippen LogP contribution in [0.4, 0.5) is 0 Å². The van der Waals surface area contributed by atoms with Gasteiger partial charge in [0.05, 0.1) is 28.1 Å². The lowest BCUT2D eigenvalue weighted by Crippen LogP contribution is -2.07. The lowest BCUT2D eigenvalue weighted by Gasteiger charge is -2.13. The van der Waals surface area contributed by atoms with Crippen molar-refractivity contribution in [3.8, 4) is 27.9 Å². The van der Waals surface area contributed by atoms with Gasteiger partial charge in [-0.3, -0.25) is 0 Å². The maximum Gasteiger partial charge on any atom is 0.160 e. The molecule has 6 aromatic carbocycles. The van der Waals surface area contributed by atoms with E-state index < -0.39 is 0 Å². The summed E-state index contributed by atoms with van der Waals surface area (Å²) in [4.78, 5) is 10.5. The van der Waals surface area contributed by atoms with Gasteiger partial charge in [0.2, 0.25) is 0 Å². The fourth-order valence-electron chi connectivity index (χ4n) is 6.63. The van der Waals surface area contributed by atoms with Crippen LogP contribution in [0.15, 0.2) is 175 Å². The van der Waals surface area contributed by atoms with E-state index in [-0.39, 0.29) is 0 Å². The summed E-state index contributed by atoms with van der Waals surface area (Å²) in [6.45, 7) is 8.42. The molecule has 46 heavy (non-hydrogen) atoms. The number of nitrogens with zero attached hydrogens (tertiary/aromatic N) is 3. The highest BCUT2D eigenvalue weighted by atomic mass is 15.0. The number of aliphatic imine (C=N–C) groups is 2. The van der Waals surface area contributed by atoms with Crippen molar-refractivity contribution in [1.82, 2.24) is 4.57 Å². The Morgan fingerprint density at radius 1 is 0.565 bits per heavy atom. The van der Waals surface area contributed by atoms with E-state index in [1.54, 1.807) is 0 Å². The Bertz CT molecular complexity index is 2360. The number of benzene rings is 6. The van der Waals surface area contributed by atoms with Gasteiger partial charge in [-0.15, -0.1) is 6.58 Å². The van der Waals surface area contributed by atoms with Gasteiger partial charge >= 0.3 is 0 Å². The monoisotopic (exact) mass is 589 g/mol. The maximum absolute atomic E-state index is 5.31. The molecule has 0 fully saturated rings. The van der Waals surface area contributed by atoms with Gasteiger partial charge in [-0.25, -0.2) is 9.98 Å². The molecule has 0 radical (unpaired) electrons. The van der Waals surface area contributed by atoms with E-state index >= 15 is 0 Å². The first kappa shape index (κ1) is 27.5. The van der Waals surface area contributed by atoms with Gasteiger partial charge in [-0.05, 0) is 46.5 Å². The molecule has 0 spiro atoms. The summed E-state index contributed by atoms with van der Waals surface area (Å²) in [6.07, 6.45) is 2.50. The third kappa shape index (κ3) is 4.61. The molecule has 8 rings (SSSR count). The van der Waals surface area contributed by atoms with Crippen molar-refractivity contribution in [2.75, 3.05) is 0 Å². The zero-order valence-electron chi connectivity index (χ0n) is 25.4. The van der Waals surface area contributed by atoms with Crippen LogP contribution in [-0.4, -0.2) is 16.1 Å². The number of hydrogen-bond donors (Lipinski definition) is 0. The quantitative estimate of drug-likeness (QED) is 0.105. The molecule has 0 saturated heterocycles. The normalized spacial score (nSPS) is 12.4. The van der Waals surface area contributed by atoms with Crippen LogP contribution in [0.3, 0.4) is 0 Å². The van der Waals surface area contributed by atoms with Gasteiger partial charge in [0.1, 0.15) is 0 Å². The molecule has 3 heteroatoms. The topological polar surface area (TPSA) is 29.6 Å². The highest BCUT2D eigenvalue weighted by Crippen LogP contribution is 2.47. The number of amidine groups is 1. The first-order valence-electron chi connectivity index (χ1n) is 15.5. The fraction of sp³-hybridized carbons (Fsp3) is 0.0233. The van der Waals surface area contributed by atoms with E-state index in [0.29, 0.717) is 18.0 Å². The minimum absolute atomic E-state index is 0.605. The molecule has 0 unspecified atom stereocenters. The Morgan fingerprint density at radius 3 is 1.91 bits per heavy atom. The maximum atomic E-state index is 5.31. The number of hydrogen-bond acceptors (Lipinski definition) is 1. The van der Waals surface area contributed by atoms with Crippen LogP contribution >= 0.6 is 0 Å². The van der Waals surface area contributed by atoms with Crippen LogP contribution in [0.1, 0.15) is 23.1 Å². The van der Waals surface area contributed by atoms with Gasteiger partial charge in [-0.2, -0.15) is 0 Å². The molecule has 1 aromatic heterocycles. The van der Waals surface area contributed by atoms with Gasteiger partial charge in [0, 0.05) is 33.9 Å².